The minimum atomic E-state index is -0.995. The van der Waals surface area contributed by atoms with Crippen LogP contribution in [0.1, 0.15) is 15.9 Å². The van der Waals surface area contributed by atoms with Gasteiger partial charge in [0.05, 0.1) is 18.9 Å². The lowest BCUT2D eigenvalue weighted by atomic mass is 10.1. The van der Waals surface area contributed by atoms with Gasteiger partial charge in [0.25, 0.3) is 0 Å². The van der Waals surface area contributed by atoms with Crippen molar-refractivity contribution in [3.8, 4) is 11.5 Å². The highest BCUT2D eigenvalue weighted by atomic mass is 16.5. The highest BCUT2D eigenvalue weighted by molar-refractivity contribution is 6.03. The molecule has 0 amide bonds. The Labute approximate surface area is 126 Å². The summed E-state index contributed by atoms with van der Waals surface area (Å²) in [4.78, 5) is 11.3. The van der Waals surface area contributed by atoms with Gasteiger partial charge in [0, 0.05) is 10.9 Å². The van der Waals surface area contributed by atoms with Crippen LogP contribution in [0.2, 0.25) is 0 Å². The zero-order valence-electron chi connectivity index (χ0n) is 11.9. The molecule has 1 heterocycles. The van der Waals surface area contributed by atoms with Gasteiger partial charge in [0.15, 0.2) is 11.5 Å². The molecule has 0 radical (unpaired) electrons. The molecule has 1 aromatic heterocycles. The second kappa shape index (κ2) is 5.81. The number of aromatic carboxylic acids is 1. The Bertz CT molecular complexity index is 819. The molecule has 0 spiro atoms. The predicted octanol–water partition coefficient (Wildman–Crippen LogP) is 3.72. The van der Waals surface area contributed by atoms with Crippen LogP contribution in [0, 0.1) is 0 Å². The highest BCUT2D eigenvalue weighted by Gasteiger charge is 2.16. The maximum atomic E-state index is 11.3. The average molecular weight is 298 g/mol. The van der Waals surface area contributed by atoms with Crippen LogP contribution in [0.25, 0.3) is 11.0 Å². The van der Waals surface area contributed by atoms with Gasteiger partial charge in [0.1, 0.15) is 12.2 Å². The molecule has 5 heteroatoms. The molecule has 0 aliphatic heterocycles. The third-order valence-electron chi connectivity index (χ3n) is 3.36. The van der Waals surface area contributed by atoms with Crippen LogP contribution in [0.4, 0.5) is 0 Å². The van der Waals surface area contributed by atoms with Crippen molar-refractivity contribution in [3.63, 3.8) is 0 Å². The van der Waals surface area contributed by atoms with Gasteiger partial charge in [-0.25, -0.2) is 4.79 Å². The number of carbonyl (C=O) groups is 1. The molecule has 0 saturated heterocycles. The van der Waals surface area contributed by atoms with Crippen molar-refractivity contribution in [2.24, 2.45) is 0 Å². The summed E-state index contributed by atoms with van der Waals surface area (Å²) in [5.74, 6) is 0.214. The van der Waals surface area contributed by atoms with E-state index in [0.29, 0.717) is 28.0 Å². The van der Waals surface area contributed by atoms with Crippen LogP contribution in [0.15, 0.2) is 53.1 Å². The minimum Gasteiger partial charge on any atom is -0.493 e. The van der Waals surface area contributed by atoms with E-state index in [1.54, 1.807) is 37.4 Å². The van der Waals surface area contributed by atoms with Crippen molar-refractivity contribution in [3.05, 3.63) is 59.9 Å². The molecule has 2 aromatic carbocycles. The van der Waals surface area contributed by atoms with E-state index in [9.17, 15) is 9.90 Å². The Morgan fingerprint density at radius 1 is 1.14 bits per heavy atom. The molecule has 22 heavy (non-hydrogen) atoms. The Kier molecular flexibility index (Phi) is 3.70. The van der Waals surface area contributed by atoms with E-state index >= 15 is 0 Å². The summed E-state index contributed by atoms with van der Waals surface area (Å²) in [5.41, 5.74) is 1.40. The number of benzene rings is 2. The molecule has 1 N–H and O–H groups in total. The molecule has 3 aromatic rings. The van der Waals surface area contributed by atoms with Crippen molar-refractivity contribution >= 4 is 16.9 Å². The first-order valence-corrected chi connectivity index (χ1v) is 6.69. The number of furan rings is 1. The smallest absolute Gasteiger partial charge is 0.336 e. The summed E-state index contributed by atoms with van der Waals surface area (Å²) in [5, 5.41) is 9.85. The zero-order valence-corrected chi connectivity index (χ0v) is 11.9. The summed E-state index contributed by atoms with van der Waals surface area (Å²) in [6.07, 6.45) is 1.52. The third kappa shape index (κ3) is 2.48. The van der Waals surface area contributed by atoms with Gasteiger partial charge in [-0.1, -0.05) is 18.2 Å². The number of hydrogen-bond acceptors (Lipinski definition) is 4. The Balaban J connectivity index is 1.93. The Morgan fingerprint density at radius 2 is 1.91 bits per heavy atom. The SMILES string of the molecule is COc1ccccc1OCc1coc2cccc(C(=O)O)c12. The molecule has 0 aliphatic carbocycles. The quantitative estimate of drug-likeness (QED) is 0.777. The summed E-state index contributed by atoms with van der Waals surface area (Å²) in [7, 11) is 1.57. The Morgan fingerprint density at radius 3 is 2.64 bits per heavy atom. The van der Waals surface area contributed by atoms with Gasteiger partial charge in [-0.05, 0) is 24.3 Å². The maximum absolute atomic E-state index is 11.3. The van der Waals surface area contributed by atoms with Crippen LogP contribution in [0.5, 0.6) is 11.5 Å². The third-order valence-corrected chi connectivity index (χ3v) is 3.36. The molecule has 0 fully saturated rings. The van der Waals surface area contributed by atoms with E-state index in [1.165, 1.54) is 6.26 Å². The topological polar surface area (TPSA) is 68.9 Å². The van der Waals surface area contributed by atoms with E-state index in [-0.39, 0.29) is 12.2 Å². The van der Waals surface area contributed by atoms with Gasteiger partial charge in [-0.2, -0.15) is 0 Å². The molecule has 0 atom stereocenters. The number of ether oxygens (including phenoxy) is 2. The molecule has 0 aliphatic rings. The summed E-state index contributed by atoms with van der Waals surface area (Å²) < 4.78 is 16.4. The lowest BCUT2D eigenvalue weighted by Gasteiger charge is -2.09. The highest BCUT2D eigenvalue weighted by Crippen LogP contribution is 2.29. The van der Waals surface area contributed by atoms with Crippen LogP contribution in [-0.2, 0) is 6.61 Å². The predicted molar refractivity (Wildman–Crippen MR) is 80.5 cm³/mol. The first-order valence-electron chi connectivity index (χ1n) is 6.69. The molecule has 0 saturated carbocycles. The van der Waals surface area contributed by atoms with E-state index < -0.39 is 5.97 Å². The fourth-order valence-electron chi connectivity index (χ4n) is 2.33. The molecular formula is C17H14O5. The summed E-state index contributed by atoms with van der Waals surface area (Å²) in [6.45, 7) is 0.192. The molecule has 0 bridgehead atoms. The van der Waals surface area contributed by atoms with Crippen LogP contribution in [0.3, 0.4) is 0 Å². The van der Waals surface area contributed by atoms with Gasteiger partial charge >= 0.3 is 5.97 Å². The van der Waals surface area contributed by atoms with E-state index in [4.69, 9.17) is 13.9 Å². The largest absolute Gasteiger partial charge is 0.493 e. The van der Waals surface area contributed by atoms with Crippen molar-refractivity contribution in [1.29, 1.82) is 0 Å². The minimum absolute atomic E-state index is 0.192. The van der Waals surface area contributed by atoms with Gasteiger partial charge in [-0.15, -0.1) is 0 Å². The first-order chi connectivity index (χ1) is 10.7. The number of carboxylic acid groups (broad SMARTS) is 1. The number of para-hydroxylation sites is 2. The van der Waals surface area contributed by atoms with E-state index in [0.717, 1.165) is 0 Å². The van der Waals surface area contributed by atoms with Crippen molar-refractivity contribution in [1.82, 2.24) is 0 Å². The van der Waals surface area contributed by atoms with Crippen molar-refractivity contribution in [2.75, 3.05) is 7.11 Å². The molecule has 5 nitrogen and oxygen atoms in total. The molecule has 3 rings (SSSR count). The maximum Gasteiger partial charge on any atom is 0.336 e. The standard InChI is InChI=1S/C17H14O5/c1-20-13-6-2-3-7-14(13)21-9-11-10-22-15-8-4-5-12(16(11)15)17(18)19/h2-8,10H,9H2,1H3,(H,18,19). The Hall–Kier alpha value is -2.95. The number of methoxy groups -OCH3 is 1. The van der Waals surface area contributed by atoms with Gasteiger partial charge in [-0.3, -0.25) is 0 Å². The molecule has 0 unspecified atom stereocenters. The molecule has 112 valence electrons. The van der Waals surface area contributed by atoms with Crippen molar-refractivity contribution in [2.45, 2.75) is 6.61 Å². The van der Waals surface area contributed by atoms with Crippen LogP contribution < -0.4 is 9.47 Å². The monoisotopic (exact) mass is 298 g/mol. The fraction of sp³-hybridized carbons (Fsp3) is 0.118. The van der Waals surface area contributed by atoms with Gasteiger partial charge in [0.2, 0.25) is 0 Å². The lowest BCUT2D eigenvalue weighted by Crippen LogP contribution is -2.01. The second-order valence-corrected chi connectivity index (χ2v) is 4.68. The van der Waals surface area contributed by atoms with Crippen LogP contribution in [-0.4, -0.2) is 18.2 Å². The number of hydrogen-bond donors (Lipinski definition) is 1. The summed E-state index contributed by atoms with van der Waals surface area (Å²) in [6, 6.07) is 12.2. The van der Waals surface area contributed by atoms with Crippen molar-refractivity contribution < 1.29 is 23.8 Å². The zero-order chi connectivity index (χ0) is 15.5. The lowest BCUT2D eigenvalue weighted by molar-refractivity contribution is 0.0699. The first kappa shape index (κ1) is 14.0. The number of carboxylic acids is 1. The normalized spacial score (nSPS) is 10.6. The van der Waals surface area contributed by atoms with E-state index in [2.05, 4.69) is 0 Å². The number of fused-ring (bicyclic) bond motifs is 1. The summed E-state index contributed by atoms with van der Waals surface area (Å²) >= 11 is 0. The van der Waals surface area contributed by atoms with Gasteiger partial charge < -0.3 is 19.0 Å². The number of rotatable bonds is 5. The second-order valence-electron chi connectivity index (χ2n) is 4.68. The molecular weight excluding hydrogens is 284 g/mol. The average Bonchev–Trinajstić information content (AvgIpc) is 2.96. The van der Waals surface area contributed by atoms with Crippen LogP contribution >= 0.6 is 0 Å². The van der Waals surface area contributed by atoms with E-state index in [1.807, 2.05) is 12.1 Å². The fourth-order valence-corrected chi connectivity index (χ4v) is 2.33.